The Morgan fingerprint density at radius 1 is 0.795 bits per heavy atom. The van der Waals surface area contributed by atoms with Gasteiger partial charge < -0.3 is 4.74 Å². The van der Waals surface area contributed by atoms with E-state index in [2.05, 4.69) is 44.9 Å². The van der Waals surface area contributed by atoms with Crippen LogP contribution in [0.1, 0.15) is 108 Å². The molecule has 0 N–H and O–H groups in total. The van der Waals surface area contributed by atoms with E-state index in [9.17, 15) is 9.59 Å². The molecule has 0 unspecified atom stereocenters. The maximum absolute atomic E-state index is 14.8. The Hall–Kier alpha value is -3.28. The summed E-state index contributed by atoms with van der Waals surface area (Å²) in [6, 6.07) is 29.8. The van der Waals surface area contributed by atoms with Crippen LogP contribution < -0.4 is 0 Å². The van der Waals surface area contributed by atoms with Gasteiger partial charge in [0.1, 0.15) is 11.7 Å². The first kappa shape index (κ1) is 32.1. The van der Waals surface area contributed by atoms with Gasteiger partial charge in [-0.1, -0.05) is 91.0 Å². The lowest BCUT2D eigenvalue weighted by Crippen LogP contribution is -2.59. The van der Waals surface area contributed by atoms with Crippen molar-refractivity contribution >= 4 is 11.8 Å². The lowest BCUT2D eigenvalue weighted by molar-refractivity contribution is -0.316. The number of hydrogen-bond acceptors (Lipinski definition) is 5. The van der Waals surface area contributed by atoms with E-state index in [0.29, 0.717) is 12.0 Å². The van der Waals surface area contributed by atoms with Gasteiger partial charge in [-0.3, -0.25) is 14.4 Å². The molecule has 44 heavy (non-hydrogen) atoms. The highest BCUT2D eigenvalue weighted by atomic mass is 16.7. The van der Waals surface area contributed by atoms with Crippen molar-refractivity contribution in [3.63, 3.8) is 0 Å². The molecule has 1 heterocycles. The van der Waals surface area contributed by atoms with Gasteiger partial charge in [-0.15, -0.1) is 0 Å². The Bertz CT molecular complexity index is 1390. The predicted molar refractivity (Wildman–Crippen MR) is 175 cm³/mol. The van der Waals surface area contributed by atoms with Crippen molar-refractivity contribution in [2.24, 2.45) is 17.8 Å². The zero-order chi connectivity index (χ0) is 31.7. The highest BCUT2D eigenvalue weighted by Crippen LogP contribution is 2.55. The molecule has 1 saturated heterocycles. The molecule has 5 heteroatoms. The topological polar surface area (TPSA) is 55.8 Å². The van der Waals surface area contributed by atoms with E-state index in [0.717, 1.165) is 30.4 Å². The van der Waals surface area contributed by atoms with E-state index in [1.54, 1.807) is 0 Å². The number of esters is 1. The Kier molecular flexibility index (Phi) is 9.21. The first-order valence-corrected chi connectivity index (χ1v) is 16.2. The van der Waals surface area contributed by atoms with E-state index in [4.69, 9.17) is 9.57 Å². The van der Waals surface area contributed by atoms with Crippen LogP contribution in [0.2, 0.25) is 0 Å². The Labute approximate surface area is 263 Å². The average Bonchev–Trinajstić information content (AvgIpc) is 3.37. The van der Waals surface area contributed by atoms with Crippen LogP contribution in [0, 0.1) is 17.8 Å². The summed E-state index contributed by atoms with van der Waals surface area (Å²) in [5.41, 5.74) is 1.60. The molecule has 3 aromatic carbocycles. The second kappa shape index (κ2) is 12.6. The second-order valence-electron chi connectivity index (χ2n) is 14.9. The van der Waals surface area contributed by atoms with Gasteiger partial charge in [0.15, 0.2) is 5.78 Å². The summed E-state index contributed by atoms with van der Waals surface area (Å²) < 4.78 is 6.06. The Morgan fingerprint density at radius 2 is 1.32 bits per heavy atom. The normalized spacial score (nSPS) is 25.7. The van der Waals surface area contributed by atoms with Gasteiger partial charge in [-0.2, -0.15) is 5.06 Å². The van der Waals surface area contributed by atoms with Crippen LogP contribution in [0.4, 0.5) is 0 Å². The number of ketones is 1. The van der Waals surface area contributed by atoms with Crippen LogP contribution in [-0.4, -0.2) is 33.5 Å². The average molecular weight is 596 g/mol. The van der Waals surface area contributed by atoms with Crippen LogP contribution in [0.3, 0.4) is 0 Å². The maximum atomic E-state index is 14.8. The van der Waals surface area contributed by atoms with Gasteiger partial charge in [-0.25, -0.2) is 0 Å². The molecule has 5 rings (SSSR count). The van der Waals surface area contributed by atoms with Gasteiger partial charge in [0, 0.05) is 34.4 Å². The fourth-order valence-electron chi connectivity index (χ4n) is 7.71. The number of Topliss-reactive ketones (excluding diaryl/α,β-unsaturated/α-hetero) is 1. The maximum Gasteiger partial charge on any atom is 0.310 e. The largest absolute Gasteiger partial charge is 0.460 e. The van der Waals surface area contributed by atoms with Crippen molar-refractivity contribution < 1.29 is 19.2 Å². The van der Waals surface area contributed by atoms with Crippen molar-refractivity contribution in [2.75, 3.05) is 0 Å². The minimum absolute atomic E-state index is 0.0391. The van der Waals surface area contributed by atoms with E-state index in [-0.39, 0.29) is 34.7 Å². The molecule has 0 amide bonds. The summed E-state index contributed by atoms with van der Waals surface area (Å²) in [5.74, 6) is -1.86. The summed E-state index contributed by atoms with van der Waals surface area (Å²) in [7, 11) is 0. The third-order valence-corrected chi connectivity index (χ3v) is 9.48. The SMILES string of the molecule is CC(C)(C)OC(=O)[C@H]1C[C@H]([C@@H](ON2C(C)(C)CCCC2(C)C)c2ccccc2)[C@@H](C(=O)c2ccccc2)[C@@H]1c1ccccc1. The van der Waals surface area contributed by atoms with Crippen molar-refractivity contribution in [3.05, 3.63) is 108 Å². The van der Waals surface area contributed by atoms with E-state index < -0.39 is 23.5 Å². The third-order valence-electron chi connectivity index (χ3n) is 9.48. The van der Waals surface area contributed by atoms with Gasteiger partial charge in [0.2, 0.25) is 0 Å². The van der Waals surface area contributed by atoms with Crippen LogP contribution >= 0.6 is 0 Å². The summed E-state index contributed by atoms with van der Waals surface area (Å²) >= 11 is 0. The van der Waals surface area contributed by atoms with Crippen molar-refractivity contribution in [3.8, 4) is 0 Å². The van der Waals surface area contributed by atoms with Crippen LogP contribution in [0.5, 0.6) is 0 Å². The molecule has 5 nitrogen and oxygen atoms in total. The van der Waals surface area contributed by atoms with Crippen molar-refractivity contribution in [2.45, 2.75) is 103 Å². The summed E-state index contributed by atoms with van der Waals surface area (Å²) in [5, 5.41) is 2.20. The molecule has 2 aliphatic rings. The van der Waals surface area contributed by atoms with Gasteiger partial charge in [0.05, 0.1) is 5.92 Å². The lowest BCUT2D eigenvalue weighted by Gasteiger charge is -2.53. The van der Waals surface area contributed by atoms with E-state index >= 15 is 0 Å². The van der Waals surface area contributed by atoms with Crippen LogP contribution in [0.15, 0.2) is 91.0 Å². The molecule has 0 aromatic heterocycles. The molecular formula is C39H49NO4. The molecule has 1 aliphatic heterocycles. The monoisotopic (exact) mass is 595 g/mol. The Balaban J connectivity index is 1.68. The molecule has 0 radical (unpaired) electrons. The van der Waals surface area contributed by atoms with Gasteiger partial charge in [-0.05, 0) is 85.3 Å². The number of benzene rings is 3. The second-order valence-corrected chi connectivity index (χ2v) is 14.9. The number of carbonyl (C=O) groups excluding carboxylic acids is 2. The van der Waals surface area contributed by atoms with Crippen LogP contribution in [-0.2, 0) is 14.4 Å². The Morgan fingerprint density at radius 3 is 1.86 bits per heavy atom. The highest BCUT2D eigenvalue weighted by Gasteiger charge is 2.55. The highest BCUT2D eigenvalue weighted by molar-refractivity contribution is 5.99. The van der Waals surface area contributed by atoms with Crippen LogP contribution in [0.25, 0.3) is 0 Å². The summed E-state index contributed by atoms with van der Waals surface area (Å²) in [6.07, 6.45) is 3.20. The number of hydroxylamine groups is 2. The lowest BCUT2D eigenvalue weighted by atomic mass is 9.75. The fraction of sp³-hybridized carbons (Fsp3) is 0.487. The first-order chi connectivity index (χ1) is 20.8. The minimum atomic E-state index is -0.646. The standard InChI is InChI=1S/C39H49NO4/c1-37(2,3)43-36(42)31-26-30(33(32(31)27-18-11-8-12-19-27)34(41)28-20-13-9-14-21-28)35(29-22-15-10-16-23-29)44-40-38(4,5)24-17-25-39(40,6)7/h8-16,18-23,30-33,35H,17,24-26H2,1-7H3/t30-,31-,32+,33+,35-/m0/s1. The molecule has 0 bridgehead atoms. The molecule has 2 fully saturated rings. The summed E-state index contributed by atoms with van der Waals surface area (Å²) in [4.78, 5) is 36.1. The molecule has 5 atom stereocenters. The molecule has 234 valence electrons. The number of carbonyl (C=O) groups is 2. The number of piperidine rings is 1. The van der Waals surface area contributed by atoms with E-state index in [1.165, 1.54) is 0 Å². The number of ether oxygens (including phenoxy) is 1. The number of nitrogens with zero attached hydrogens (tertiary/aromatic N) is 1. The molecule has 1 aliphatic carbocycles. The smallest absolute Gasteiger partial charge is 0.310 e. The fourth-order valence-corrected chi connectivity index (χ4v) is 7.71. The van der Waals surface area contributed by atoms with Gasteiger partial charge in [0.25, 0.3) is 0 Å². The molecule has 0 spiro atoms. The quantitative estimate of drug-likeness (QED) is 0.192. The molecule has 3 aromatic rings. The molecule has 1 saturated carbocycles. The number of rotatable bonds is 8. The molecular weight excluding hydrogens is 546 g/mol. The zero-order valence-electron chi connectivity index (χ0n) is 27.5. The zero-order valence-corrected chi connectivity index (χ0v) is 27.5. The van der Waals surface area contributed by atoms with Crippen molar-refractivity contribution in [1.82, 2.24) is 5.06 Å². The number of hydrogen-bond donors (Lipinski definition) is 0. The van der Waals surface area contributed by atoms with E-state index in [1.807, 2.05) is 99.6 Å². The minimum Gasteiger partial charge on any atom is -0.460 e. The third kappa shape index (κ3) is 6.84. The first-order valence-electron chi connectivity index (χ1n) is 16.2. The predicted octanol–water partition coefficient (Wildman–Crippen LogP) is 8.96. The summed E-state index contributed by atoms with van der Waals surface area (Å²) in [6.45, 7) is 14.7. The van der Waals surface area contributed by atoms with Gasteiger partial charge >= 0.3 is 5.97 Å². The van der Waals surface area contributed by atoms with Crippen molar-refractivity contribution in [1.29, 1.82) is 0 Å².